The molecular formula is C23H14F17NO3S2. The van der Waals surface area contributed by atoms with E-state index in [1.807, 2.05) is 0 Å². The zero-order chi connectivity index (χ0) is 35.8. The van der Waals surface area contributed by atoms with Gasteiger partial charge in [0.1, 0.15) is 0 Å². The molecule has 3 rings (SSSR count). The quantitative estimate of drug-likeness (QED) is 0.229. The van der Waals surface area contributed by atoms with Gasteiger partial charge in [0.05, 0.1) is 11.6 Å². The van der Waals surface area contributed by atoms with Crippen LogP contribution in [-0.4, -0.2) is 66.9 Å². The molecule has 0 amide bonds. The van der Waals surface area contributed by atoms with Gasteiger partial charge in [-0.2, -0.15) is 88.3 Å². The molecule has 1 fully saturated rings. The van der Waals surface area contributed by atoms with Gasteiger partial charge in [-0.15, -0.1) is 0 Å². The maximum absolute atomic E-state index is 14.8. The van der Waals surface area contributed by atoms with Crippen molar-refractivity contribution in [3.8, 4) is 6.07 Å². The molecule has 0 bridgehead atoms. The van der Waals surface area contributed by atoms with Crippen LogP contribution in [0.1, 0.15) is 18.4 Å². The van der Waals surface area contributed by atoms with E-state index in [1.54, 1.807) is 6.07 Å². The van der Waals surface area contributed by atoms with Gasteiger partial charge < -0.3 is 0 Å². The third kappa shape index (κ3) is 4.95. The lowest BCUT2D eigenvalue weighted by Gasteiger charge is -2.43. The van der Waals surface area contributed by atoms with E-state index in [2.05, 4.69) is 3.63 Å². The van der Waals surface area contributed by atoms with E-state index in [0.717, 1.165) is 18.2 Å². The van der Waals surface area contributed by atoms with Crippen LogP contribution in [0, 0.1) is 11.3 Å². The Hall–Kier alpha value is -2.74. The Labute approximate surface area is 247 Å². The lowest BCUT2D eigenvalue weighted by molar-refractivity contribution is -0.458. The van der Waals surface area contributed by atoms with Crippen molar-refractivity contribution in [3.05, 3.63) is 42.0 Å². The minimum Gasteiger partial charge on any atom is -0.211 e. The van der Waals surface area contributed by atoms with Gasteiger partial charge in [-0.05, 0) is 30.4 Å². The number of rotatable bonds is 10. The van der Waals surface area contributed by atoms with Crippen molar-refractivity contribution in [1.82, 2.24) is 0 Å². The summed E-state index contributed by atoms with van der Waals surface area (Å²) in [5.74, 6) is -53.4. The van der Waals surface area contributed by atoms with Crippen LogP contribution in [0.5, 0.6) is 0 Å². The van der Waals surface area contributed by atoms with Crippen LogP contribution >= 0.6 is 10.3 Å². The van der Waals surface area contributed by atoms with E-state index in [4.69, 9.17) is 0 Å². The Balaban J connectivity index is 2.16. The van der Waals surface area contributed by atoms with Crippen LogP contribution in [0.15, 0.2) is 41.3 Å². The van der Waals surface area contributed by atoms with Crippen molar-refractivity contribution in [2.24, 2.45) is 0 Å². The zero-order valence-corrected chi connectivity index (χ0v) is 23.3. The van der Waals surface area contributed by atoms with Crippen LogP contribution in [0.3, 0.4) is 0 Å². The van der Waals surface area contributed by atoms with E-state index in [0.29, 0.717) is 0 Å². The Bertz CT molecular complexity index is 1640. The van der Waals surface area contributed by atoms with Crippen LogP contribution in [0.4, 0.5) is 74.6 Å². The zero-order valence-electron chi connectivity index (χ0n) is 21.7. The summed E-state index contributed by atoms with van der Waals surface area (Å²) in [5.41, 5.74) is -0.109. The standard InChI is InChI=1S/C23H14F17NO3S2/c24-16(25,18(28,29)20(32,33)22(36,37)38)17(26,27)19(30,31)21(34,35)23(39,40)46(42,43)44-45(9-3-4-10-45)15-8-7-12(11-41)13-5-1-2-6-14(13)15/h1-2,5-8H,3-4,9-10H2. The SMILES string of the molecule is N#Cc1ccc(S2(OS(=O)(=O)C(F)(F)C(F)(F)C(F)(F)C(F)(F)C(F)(F)C(F)(F)C(F)(F)C(F)(F)F)CCCC2)c2ccccc12. The predicted molar refractivity (Wildman–Crippen MR) is 124 cm³/mol. The molecule has 0 aliphatic carbocycles. The summed E-state index contributed by atoms with van der Waals surface area (Å²) in [7, 11) is -11.6. The highest BCUT2D eigenvalue weighted by Gasteiger charge is 2.96. The molecule has 2 aromatic rings. The molecule has 46 heavy (non-hydrogen) atoms. The van der Waals surface area contributed by atoms with Gasteiger partial charge in [0.15, 0.2) is 0 Å². The Kier molecular flexibility index (Phi) is 8.93. The largest absolute Gasteiger partial charge is 0.460 e. The number of halogens is 17. The van der Waals surface area contributed by atoms with Gasteiger partial charge in [-0.1, -0.05) is 34.6 Å². The monoisotopic (exact) mass is 739 g/mol. The second-order valence-corrected chi connectivity index (χ2v) is 14.5. The number of nitrogens with zero attached hydrogens (tertiary/aromatic N) is 1. The van der Waals surface area contributed by atoms with Crippen LogP contribution in [0.2, 0.25) is 0 Å². The third-order valence-corrected chi connectivity index (χ3v) is 12.5. The van der Waals surface area contributed by atoms with Crippen LogP contribution in [0.25, 0.3) is 10.8 Å². The lowest BCUT2D eigenvalue weighted by Crippen LogP contribution is -2.75. The molecular weight excluding hydrogens is 725 g/mol. The van der Waals surface area contributed by atoms with Crippen molar-refractivity contribution in [1.29, 1.82) is 5.26 Å². The molecule has 1 aliphatic rings. The van der Waals surface area contributed by atoms with Gasteiger partial charge >= 0.3 is 57.1 Å². The normalized spacial score (nSPS) is 18.4. The molecule has 260 valence electrons. The fourth-order valence-corrected chi connectivity index (χ4v) is 10.2. The van der Waals surface area contributed by atoms with Crippen molar-refractivity contribution < 1.29 is 86.7 Å². The number of hydrogen-bond donors (Lipinski definition) is 0. The summed E-state index contributed by atoms with van der Waals surface area (Å²) in [6, 6.07) is 8.62. The molecule has 0 N–H and O–H groups in total. The average Bonchev–Trinajstić information content (AvgIpc) is 3.39. The topological polar surface area (TPSA) is 67.2 Å². The van der Waals surface area contributed by atoms with E-state index < -0.39 is 78.9 Å². The van der Waals surface area contributed by atoms with Gasteiger partial charge in [-0.25, -0.2) is 3.63 Å². The van der Waals surface area contributed by atoms with Crippen molar-refractivity contribution in [2.75, 3.05) is 11.5 Å². The Morgan fingerprint density at radius 3 is 1.46 bits per heavy atom. The first-order chi connectivity index (χ1) is 20.5. The lowest BCUT2D eigenvalue weighted by atomic mass is 9.91. The number of alkyl halides is 17. The summed E-state index contributed by atoms with van der Waals surface area (Å²) < 4.78 is 262. The summed E-state index contributed by atoms with van der Waals surface area (Å²) in [6.07, 6.45) is -8.16. The molecule has 0 saturated carbocycles. The minimum atomic E-state index is -8.93. The molecule has 0 unspecified atom stereocenters. The van der Waals surface area contributed by atoms with E-state index in [1.165, 1.54) is 18.2 Å². The highest BCUT2D eigenvalue weighted by atomic mass is 32.3. The molecule has 1 aliphatic heterocycles. The fourth-order valence-electron chi connectivity index (χ4n) is 4.31. The maximum Gasteiger partial charge on any atom is 0.460 e. The van der Waals surface area contributed by atoms with Gasteiger partial charge in [-0.3, -0.25) is 0 Å². The molecule has 0 aromatic heterocycles. The molecule has 0 radical (unpaired) electrons. The molecule has 0 spiro atoms. The second kappa shape index (κ2) is 10.9. The first-order valence-corrected chi connectivity index (χ1v) is 15.1. The minimum absolute atomic E-state index is 0.00403. The smallest absolute Gasteiger partial charge is 0.211 e. The predicted octanol–water partition coefficient (Wildman–Crippen LogP) is 8.90. The summed E-state index contributed by atoms with van der Waals surface area (Å²) in [6.45, 7) is 0. The highest BCUT2D eigenvalue weighted by Crippen LogP contribution is 2.68. The van der Waals surface area contributed by atoms with Crippen LogP contribution in [-0.2, 0) is 13.7 Å². The first-order valence-electron chi connectivity index (χ1n) is 11.8. The Morgan fingerprint density at radius 2 is 1.02 bits per heavy atom. The second-order valence-electron chi connectivity index (χ2n) is 9.68. The molecule has 0 atom stereocenters. The van der Waals surface area contributed by atoms with Gasteiger partial charge in [0.2, 0.25) is 0 Å². The number of fused-ring (bicyclic) bond motifs is 1. The number of benzene rings is 2. The highest BCUT2D eigenvalue weighted by molar-refractivity contribution is 8.33. The molecule has 23 heteroatoms. The summed E-state index contributed by atoms with van der Waals surface area (Å²) >= 11 is 0. The fraction of sp³-hybridized carbons (Fsp3) is 0.522. The van der Waals surface area contributed by atoms with E-state index >= 15 is 0 Å². The summed E-state index contributed by atoms with van der Waals surface area (Å²) in [4.78, 5) is -0.375. The average molecular weight is 739 g/mol. The van der Waals surface area contributed by atoms with E-state index in [9.17, 15) is 88.3 Å². The molecule has 2 aromatic carbocycles. The number of nitriles is 1. The van der Waals surface area contributed by atoms with Gasteiger partial charge in [0.25, 0.3) is 0 Å². The third-order valence-electron chi connectivity index (χ3n) is 6.83. The number of hydrogen-bond acceptors (Lipinski definition) is 4. The Morgan fingerprint density at radius 1 is 0.609 bits per heavy atom. The summed E-state index contributed by atoms with van der Waals surface area (Å²) in [5, 5.41) is 1.41. The van der Waals surface area contributed by atoms with E-state index in [-0.39, 0.29) is 34.1 Å². The van der Waals surface area contributed by atoms with Gasteiger partial charge in [0, 0.05) is 21.8 Å². The first kappa shape index (κ1) is 37.7. The molecule has 4 nitrogen and oxygen atoms in total. The molecule has 1 saturated heterocycles. The molecule has 1 heterocycles. The maximum atomic E-state index is 14.8. The van der Waals surface area contributed by atoms with Crippen molar-refractivity contribution >= 4 is 31.2 Å². The van der Waals surface area contributed by atoms with Crippen molar-refractivity contribution in [2.45, 2.75) is 64.7 Å². The van der Waals surface area contributed by atoms with Crippen LogP contribution < -0.4 is 0 Å². The van der Waals surface area contributed by atoms with Crippen molar-refractivity contribution in [3.63, 3.8) is 0 Å².